The first-order valence-electron chi connectivity index (χ1n) is 15.9. The molecule has 1 spiro atoms. The van der Waals surface area contributed by atoms with Crippen LogP contribution in [0, 0.1) is 6.92 Å². The molecule has 0 aliphatic carbocycles. The number of phenolic OH excluding ortho intramolecular Hbond substituents is 1. The molecular formula is C38H36N2O9. The lowest BCUT2D eigenvalue weighted by molar-refractivity contribution is -0.123. The highest BCUT2D eigenvalue weighted by atomic mass is 16.6. The molecule has 4 aromatic rings. The molecule has 4 aromatic carbocycles. The Kier molecular flexibility index (Phi) is 10.2. The summed E-state index contributed by atoms with van der Waals surface area (Å²) in [5, 5.41) is 15.7. The van der Waals surface area contributed by atoms with Gasteiger partial charge < -0.3 is 39.4 Å². The molecule has 6 rings (SSSR count). The van der Waals surface area contributed by atoms with Crippen molar-refractivity contribution in [3.05, 3.63) is 124 Å². The normalized spacial score (nSPS) is 15.6. The lowest BCUT2D eigenvalue weighted by Crippen LogP contribution is -2.33. The minimum Gasteiger partial charge on any atom is -0.508 e. The zero-order valence-electron chi connectivity index (χ0n) is 26.9. The second-order valence-corrected chi connectivity index (χ2v) is 11.5. The van der Waals surface area contributed by atoms with Crippen LogP contribution in [0.4, 0.5) is 0 Å². The van der Waals surface area contributed by atoms with Crippen molar-refractivity contribution in [1.29, 1.82) is 0 Å². The first-order chi connectivity index (χ1) is 23.8. The Balaban J connectivity index is 0.910. The quantitative estimate of drug-likeness (QED) is 0.100. The number of nitrogens with one attached hydrogen (secondary N) is 2. The predicted molar refractivity (Wildman–Crippen MR) is 180 cm³/mol. The summed E-state index contributed by atoms with van der Waals surface area (Å²) in [4.78, 5) is 37.3. The van der Waals surface area contributed by atoms with Gasteiger partial charge in [0.05, 0.1) is 32.0 Å². The van der Waals surface area contributed by atoms with E-state index >= 15 is 0 Å². The van der Waals surface area contributed by atoms with Crippen LogP contribution in [0.3, 0.4) is 0 Å². The molecule has 2 aliphatic rings. The zero-order chi connectivity index (χ0) is 34.2. The third kappa shape index (κ3) is 7.58. The van der Waals surface area contributed by atoms with Gasteiger partial charge >= 0.3 is 5.97 Å². The van der Waals surface area contributed by atoms with E-state index in [1.165, 1.54) is 18.2 Å². The monoisotopic (exact) mass is 664 g/mol. The third-order valence-corrected chi connectivity index (χ3v) is 8.03. The summed E-state index contributed by atoms with van der Waals surface area (Å²) < 4.78 is 28.9. The Morgan fingerprint density at radius 2 is 1.51 bits per heavy atom. The summed E-state index contributed by atoms with van der Waals surface area (Å²) in [6, 6.07) is 24.8. The van der Waals surface area contributed by atoms with Gasteiger partial charge in [0.1, 0.15) is 23.0 Å². The van der Waals surface area contributed by atoms with Crippen molar-refractivity contribution in [2.45, 2.75) is 12.5 Å². The van der Waals surface area contributed by atoms with Gasteiger partial charge in [-0.3, -0.25) is 9.59 Å². The fourth-order valence-corrected chi connectivity index (χ4v) is 5.67. The van der Waals surface area contributed by atoms with Crippen LogP contribution in [-0.4, -0.2) is 69.0 Å². The molecule has 0 aromatic heterocycles. The summed E-state index contributed by atoms with van der Waals surface area (Å²) in [6.07, 6.45) is 3.25. The van der Waals surface area contributed by atoms with E-state index in [1.54, 1.807) is 42.5 Å². The van der Waals surface area contributed by atoms with Crippen LogP contribution in [-0.2, 0) is 29.4 Å². The Labute approximate surface area is 283 Å². The van der Waals surface area contributed by atoms with Crippen LogP contribution < -0.4 is 20.1 Å². The van der Waals surface area contributed by atoms with Gasteiger partial charge in [-0.2, -0.15) is 0 Å². The average Bonchev–Trinajstić information content (AvgIpc) is 3.39. The number of hydrogen-bond donors (Lipinski definition) is 3. The lowest BCUT2D eigenvalue weighted by Gasteiger charge is -2.36. The summed E-state index contributed by atoms with van der Waals surface area (Å²) in [5.74, 6) is 0.0920. The molecule has 0 bridgehead atoms. The third-order valence-electron chi connectivity index (χ3n) is 8.03. The SMILES string of the molecule is Cc1ccc(/C=C/C(=O)NCCOCCOCCNC(=O)COc2ccc3c(c2)Oc2cc(O)ccc2C32OC(=O)c3ccccc32)cc1. The Bertz CT molecular complexity index is 1870. The van der Waals surface area contributed by atoms with E-state index in [4.69, 9.17) is 23.7 Å². The summed E-state index contributed by atoms with van der Waals surface area (Å²) in [6.45, 7) is 3.76. The van der Waals surface area contributed by atoms with E-state index in [1.807, 2.05) is 43.3 Å². The maximum absolute atomic E-state index is 12.9. The van der Waals surface area contributed by atoms with Crippen molar-refractivity contribution >= 4 is 23.9 Å². The van der Waals surface area contributed by atoms with Crippen LogP contribution >= 0.6 is 0 Å². The number of fused-ring (bicyclic) bond motifs is 6. The van der Waals surface area contributed by atoms with E-state index in [2.05, 4.69) is 10.6 Å². The van der Waals surface area contributed by atoms with Crippen LogP contribution in [0.5, 0.6) is 23.0 Å². The predicted octanol–water partition coefficient (Wildman–Crippen LogP) is 4.63. The number of rotatable bonds is 14. The second kappa shape index (κ2) is 15.1. The number of aryl methyl sites for hydroxylation is 1. The maximum atomic E-state index is 12.9. The van der Waals surface area contributed by atoms with E-state index in [0.717, 1.165) is 11.1 Å². The Morgan fingerprint density at radius 3 is 2.29 bits per heavy atom. The molecule has 2 aliphatic heterocycles. The first-order valence-corrected chi connectivity index (χ1v) is 15.9. The van der Waals surface area contributed by atoms with Crippen LogP contribution in [0.1, 0.15) is 38.2 Å². The number of aromatic hydroxyl groups is 1. The van der Waals surface area contributed by atoms with Crippen LogP contribution in [0.25, 0.3) is 6.08 Å². The molecule has 11 heteroatoms. The number of carbonyl (C=O) groups excluding carboxylic acids is 3. The molecule has 49 heavy (non-hydrogen) atoms. The van der Waals surface area contributed by atoms with E-state index < -0.39 is 11.6 Å². The Hall–Kier alpha value is -5.65. The highest BCUT2D eigenvalue weighted by Gasteiger charge is 2.53. The van der Waals surface area contributed by atoms with Gasteiger partial charge in [0.2, 0.25) is 5.91 Å². The van der Waals surface area contributed by atoms with Crippen LogP contribution in [0.2, 0.25) is 0 Å². The van der Waals surface area contributed by atoms with Crippen molar-refractivity contribution < 1.29 is 43.2 Å². The molecule has 0 saturated carbocycles. The fraction of sp³-hybridized carbons (Fsp3) is 0.237. The largest absolute Gasteiger partial charge is 0.508 e. The first kappa shape index (κ1) is 33.3. The minimum absolute atomic E-state index is 0.000789. The molecule has 2 amide bonds. The molecule has 252 valence electrons. The summed E-state index contributed by atoms with van der Waals surface area (Å²) in [7, 11) is 0. The summed E-state index contributed by atoms with van der Waals surface area (Å²) in [5.41, 5.74) is 3.16. The zero-order valence-corrected chi connectivity index (χ0v) is 26.9. The molecule has 3 N–H and O–H groups in total. The molecule has 1 atom stereocenters. The standard InChI is InChI=1S/C38H36N2O9/c1-25-6-8-26(9-7-25)10-15-35(42)39-16-18-45-20-21-46-19-17-40-36(43)24-47-28-12-14-32-34(23-28)48-33-22-27(41)11-13-31(33)38(32)30-5-3-2-4-29(30)37(44)49-38/h2-15,22-23,41H,16-21,24H2,1H3,(H,39,42)(H,40,43)/b15-10+. The molecular weight excluding hydrogens is 628 g/mol. The highest BCUT2D eigenvalue weighted by molar-refractivity contribution is 5.97. The van der Waals surface area contributed by atoms with E-state index in [-0.39, 0.29) is 37.3 Å². The summed E-state index contributed by atoms with van der Waals surface area (Å²) >= 11 is 0. The van der Waals surface area contributed by atoms with Gasteiger partial charge in [-0.1, -0.05) is 48.0 Å². The molecule has 1 unspecified atom stereocenters. The molecule has 0 saturated heterocycles. The van der Waals surface area contributed by atoms with E-state index in [9.17, 15) is 19.5 Å². The highest BCUT2D eigenvalue weighted by Crippen LogP contribution is 2.56. The van der Waals surface area contributed by atoms with Crippen LogP contribution in [0.15, 0.2) is 91.0 Å². The number of ether oxygens (including phenoxy) is 5. The lowest BCUT2D eigenvalue weighted by atomic mass is 9.77. The molecule has 0 fully saturated rings. The number of phenols is 1. The molecule has 2 heterocycles. The fourth-order valence-electron chi connectivity index (χ4n) is 5.67. The molecule has 0 radical (unpaired) electrons. The van der Waals surface area contributed by atoms with Gasteiger partial charge in [-0.15, -0.1) is 0 Å². The number of benzene rings is 4. The van der Waals surface area contributed by atoms with Crippen molar-refractivity contribution in [3.8, 4) is 23.0 Å². The number of esters is 1. The average molecular weight is 665 g/mol. The van der Waals surface area contributed by atoms with Gasteiger partial charge in [-0.05, 0) is 48.9 Å². The van der Waals surface area contributed by atoms with Crippen molar-refractivity contribution in [1.82, 2.24) is 10.6 Å². The van der Waals surface area contributed by atoms with E-state index in [0.29, 0.717) is 65.9 Å². The topological polar surface area (TPSA) is 142 Å². The molecule has 11 nitrogen and oxygen atoms in total. The Morgan fingerprint density at radius 1 is 0.816 bits per heavy atom. The van der Waals surface area contributed by atoms with Crippen molar-refractivity contribution in [3.63, 3.8) is 0 Å². The number of amides is 2. The van der Waals surface area contributed by atoms with Gasteiger partial charge in [0, 0.05) is 48.0 Å². The van der Waals surface area contributed by atoms with Crippen molar-refractivity contribution in [2.24, 2.45) is 0 Å². The maximum Gasteiger partial charge on any atom is 0.340 e. The second-order valence-electron chi connectivity index (χ2n) is 11.5. The number of hydrogen-bond acceptors (Lipinski definition) is 9. The van der Waals surface area contributed by atoms with Crippen molar-refractivity contribution in [2.75, 3.05) is 46.1 Å². The number of carbonyl (C=O) groups is 3. The van der Waals surface area contributed by atoms with Gasteiger partial charge in [-0.25, -0.2) is 4.79 Å². The minimum atomic E-state index is -1.26. The van der Waals surface area contributed by atoms with Gasteiger partial charge in [0.25, 0.3) is 5.91 Å². The van der Waals surface area contributed by atoms with Gasteiger partial charge in [0.15, 0.2) is 12.2 Å². The smallest absolute Gasteiger partial charge is 0.340 e.